The molecule has 3 N–H and O–H groups in total. The molecule has 0 heterocycles. The summed E-state index contributed by atoms with van der Waals surface area (Å²) in [6.07, 6.45) is 5.96. The lowest BCUT2D eigenvalue weighted by Gasteiger charge is -2.18. The number of nitrogens with two attached hydrogens (primary N) is 1. The van der Waals surface area contributed by atoms with Crippen molar-refractivity contribution in [3.63, 3.8) is 0 Å². The smallest absolute Gasteiger partial charge is 0.0468 e. The lowest BCUT2D eigenvalue weighted by Crippen LogP contribution is -2.37. The van der Waals surface area contributed by atoms with Gasteiger partial charge in [0.1, 0.15) is 0 Å². The van der Waals surface area contributed by atoms with Gasteiger partial charge in [0.25, 0.3) is 0 Å². The molecule has 0 radical (unpaired) electrons. The Hall–Kier alpha value is -0.900. The Labute approximate surface area is 122 Å². The molecule has 1 unspecified atom stereocenters. The molecule has 0 spiro atoms. The van der Waals surface area contributed by atoms with Crippen molar-refractivity contribution in [3.05, 3.63) is 35.9 Å². The Kier molecular flexibility index (Phi) is 6.02. The van der Waals surface area contributed by atoms with E-state index in [9.17, 15) is 0 Å². The fraction of sp³-hybridized carbons (Fsp3) is 0.647. The number of aryl methyl sites for hydroxylation is 1. The quantitative estimate of drug-likeness (QED) is 0.689. The van der Waals surface area contributed by atoms with E-state index in [1.165, 1.54) is 24.8 Å². The molecule has 1 saturated carbocycles. The monoisotopic (exact) mass is 276 g/mol. The summed E-state index contributed by atoms with van der Waals surface area (Å²) in [7, 11) is 1.78. The van der Waals surface area contributed by atoms with Crippen LogP contribution in [0.5, 0.6) is 0 Å². The third kappa shape index (κ3) is 5.23. The Balaban J connectivity index is 1.57. The van der Waals surface area contributed by atoms with Gasteiger partial charge in [-0.25, -0.2) is 0 Å². The van der Waals surface area contributed by atoms with E-state index in [-0.39, 0.29) is 6.04 Å². The lowest BCUT2D eigenvalue weighted by atomic mass is 10.0. The fourth-order valence-corrected chi connectivity index (χ4v) is 2.63. The zero-order valence-corrected chi connectivity index (χ0v) is 12.6. The van der Waals surface area contributed by atoms with Crippen LogP contribution in [0.4, 0.5) is 0 Å². The van der Waals surface area contributed by atoms with E-state index in [2.05, 4.69) is 35.6 Å². The first-order valence-corrected chi connectivity index (χ1v) is 7.73. The number of methoxy groups -OCH3 is 1. The molecule has 20 heavy (non-hydrogen) atoms. The van der Waals surface area contributed by atoms with Crippen molar-refractivity contribution in [2.24, 2.45) is 11.1 Å². The Morgan fingerprint density at radius 3 is 2.70 bits per heavy atom. The van der Waals surface area contributed by atoms with Gasteiger partial charge in [0.05, 0.1) is 0 Å². The number of hydrogen-bond donors (Lipinski definition) is 2. The van der Waals surface area contributed by atoms with Crippen LogP contribution in [0.3, 0.4) is 0 Å². The van der Waals surface area contributed by atoms with Crippen LogP contribution in [0, 0.1) is 5.41 Å². The summed E-state index contributed by atoms with van der Waals surface area (Å²) >= 11 is 0. The highest BCUT2D eigenvalue weighted by molar-refractivity contribution is 5.14. The summed E-state index contributed by atoms with van der Waals surface area (Å²) < 4.78 is 5.18. The van der Waals surface area contributed by atoms with Crippen LogP contribution in [0.1, 0.15) is 31.2 Å². The summed E-state index contributed by atoms with van der Waals surface area (Å²) in [5.74, 6) is 0. The number of rotatable bonds is 10. The molecular weight excluding hydrogens is 248 g/mol. The summed E-state index contributed by atoms with van der Waals surface area (Å²) in [6.45, 7) is 2.89. The minimum Gasteiger partial charge on any atom is -0.385 e. The van der Waals surface area contributed by atoms with Crippen LogP contribution in [0.25, 0.3) is 0 Å². The summed E-state index contributed by atoms with van der Waals surface area (Å²) in [5, 5.41) is 3.55. The third-order valence-corrected chi connectivity index (χ3v) is 4.35. The average molecular weight is 276 g/mol. The lowest BCUT2D eigenvalue weighted by molar-refractivity contribution is 0.171. The second-order valence-corrected chi connectivity index (χ2v) is 6.16. The molecule has 1 atom stereocenters. The molecule has 1 aromatic carbocycles. The molecule has 0 aromatic heterocycles. The van der Waals surface area contributed by atoms with Crippen LogP contribution in [-0.2, 0) is 11.2 Å². The van der Waals surface area contributed by atoms with Gasteiger partial charge < -0.3 is 15.8 Å². The van der Waals surface area contributed by atoms with Gasteiger partial charge >= 0.3 is 0 Å². The van der Waals surface area contributed by atoms with Crippen LogP contribution in [0.2, 0.25) is 0 Å². The first kappa shape index (κ1) is 15.5. The summed E-state index contributed by atoms with van der Waals surface area (Å²) in [5.41, 5.74) is 8.07. The van der Waals surface area contributed by atoms with E-state index < -0.39 is 0 Å². The second kappa shape index (κ2) is 7.77. The minimum atomic E-state index is 0.244. The van der Waals surface area contributed by atoms with Crippen molar-refractivity contribution in [1.82, 2.24) is 5.32 Å². The standard InChI is InChI=1S/C17H28N2O/c1-20-12-11-17(9-10-17)14-19-13-16(18)8-7-15-5-3-2-4-6-15/h2-6,16,19H,7-14,18H2,1H3. The maximum Gasteiger partial charge on any atom is 0.0468 e. The molecule has 1 aromatic rings. The number of hydrogen-bond acceptors (Lipinski definition) is 3. The van der Waals surface area contributed by atoms with Gasteiger partial charge in [0.2, 0.25) is 0 Å². The molecule has 3 heteroatoms. The SMILES string of the molecule is COCCC1(CNCC(N)CCc2ccccc2)CC1. The van der Waals surface area contributed by atoms with Crippen molar-refractivity contribution in [2.45, 2.75) is 38.1 Å². The summed E-state index contributed by atoms with van der Waals surface area (Å²) in [4.78, 5) is 0. The van der Waals surface area contributed by atoms with Gasteiger partial charge in [0.15, 0.2) is 0 Å². The minimum absolute atomic E-state index is 0.244. The summed E-state index contributed by atoms with van der Waals surface area (Å²) in [6, 6.07) is 10.8. The first-order valence-electron chi connectivity index (χ1n) is 7.73. The topological polar surface area (TPSA) is 47.3 Å². The number of benzene rings is 1. The van der Waals surface area contributed by atoms with Crippen LogP contribution < -0.4 is 11.1 Å². The molecule has 1 aliphatic rings. The molecule has 2 rings (SSSR count). The molecule has 1 aliphatic carbocycles. The van der Waals surface area contributed by atoms with Crippen LogP contribution in [0.15, 0.2) is 30.3 Å². The van der Waals surface area contributed by atoms with Crippen molar-refractivity contribution < 1.29 is 4.74 Å². The number of nitrogens with one attached hydrogen (secondary N) is 1. The van der Waals surface area contributed by atoms with Gasteiger partial charge in [-0.1, -0.05) is 30.3 Å². The highest BCUT2D eigenvalue weighted by Crippen LogP contribution is 2.48. The van der Waals surface area contributed by atoms with Crippen LogP contribution >= 0.6 is 0 Å². The van der Waals surface area contributed by atoms with E-state index in [4.69, 9.17) is 10.5 Å². The van der Waals surface area contributed by atoms with Crippen molar-refractivity contribution in [2.75, 3.05) is 26.8 Å². The third-order valence-electron chi connectivity index (χ3n) is 4.35. The molecular formula is C17H28N2O. The molecule has 0 aliphatic heterocycles. The van der Waals surface area contributed by atoms with Gasteiger partial charge in [-0.15, -0.1) is 0 Å². The highest BCUT2D eigenvalue weighted by atomic mass is 16.5. The Morgan fingerprint density at radius 1 is 1.30 bits per heavy atom. The molecule has 0 saturated heterocycles. The van der Waals surface area contributed by atoms with Crippen LogP contribution in [-0.4, -0.2) is 32.8 Å². The first-order chi connectivity index (χ1) is 9.74. The molecule has 3 nitrogen and oxygen atoms in total. The highest BCUT2D eigenvalue weighted by Gasteiger charge is 2.41. The van der Waals surface area contributed by atoms with Gasteiger partial charge in [0, 0.05) is 32.8 Å². The van der Waals surface area contributed by atoms with E-state index in [1.54, 1.807) is 7.11 Å². The Bertz CT molecular complexity index is 376. The van der Waals surface area contributed by atoms with E-state index in [1.807, 2.05) is 0 Å². The predicted molar refractivity (Wildman–Crippen MR) is 83.8 cm³/mol. The maximum atomic E-state index is 6.18. The van der Waals surface area contributed by atoms with Crippen molar-refractivity contribution in [1.29, 1.82) is 0 Å². The molecule has 0 bridgehead atoms. The molecule has 1 fully saturated rings. The van der Waals surface area contributed by atoms with E-state index >= 15 is 0 Å². The Morgan fingerprint density at radius 2 is 2.05 bits per heavy atom. The molecule has 112 valence electrons. The van der Waals surface area contributed by atoms with Crippen molar-refractivity contribution >= 4 is 0 Å². The predicted octanol–water partition coefficient (Wildman–Crippen LogP) is 2.35. The number of ether oxygens (including phenoxy) is 1. The zero-order chi connectivity index (χ0) is 14.3. The maximum absolute atomic E-state index is 6.18. The largest absolute Gasteiger partial charge is 0.385 e. The van der Waals surface area contributed by atoms with Gasteiger partial charge in [-0.3, -0.25) is 0 Å². The molecule has 0 amide bonds. The average Bonchev–Trinajstić information content (AvgIpc) is 3.24. The van der Waals surface area contributed by atoms with E-state index in [0.29, 0.717) is 5.41 Å². The zero-order valence-electron chi connectivity index (χ0n) is 12.6. The van der Waals surface area contributed by atoms with Crippen molar-refractivity contribution in [3.8, 4) is 0 Å². The normalized spacial score (nSPS) is 17.9. The fourth-order valence-electron chi connectivity index (χ4n) is 2.63. The van der Waals surface area contributed by atoms with Gasteiger partial charge in [-0.2, -0.15) is 0 Å². The van der Waals surface area contributed by atoms with Gasteiger partial charge in [-0.05, 0) is 43.1 Å². The second-order valence-electron chi connectivity index (χ2n) is 6.16. The van der Waals surface area contributed by atoms with E-state index in [0.717, 1.165) is 32.5 Å².